The van der Waals surface area contributed by atoms with E-state index in [9.17, 15) is 4.79 Å². The minimum Gasteiger partial charge on any atom is -0.339 e. The molecule has 0 unspecified atom stereocenters. The molecule has 0 radical (unpaired) electrons. The van der Waals surface area contributed by atoms with Crippen LogP contribution in [0.15, 0.2) is 59.7 Å². The van der Waals surface area contributed by atoms with Crippen molar-refractivity contribution in [1.82, 2.24) is 15.0 Å². The van der Waals surface area contributed by atoms with Crippen molar-refractivity contribution < 1.29 is 0 Å². The Morgan fingerprint density at radius 1 is 1.00 bits per heavy atom. The highest BCUT2D eigenvalue weighted by atomic mass is 16.1. The first kappa shape index (κ1) is 14.2. The molecular weight excluding hydrogens is 274 g/mol. The van der Waals surface area contributed by atoms with E-state index in [2.05, 4.69) is 21.9 Å². The molecular formula is C18H17N3O. The van der Waals surface area contributed by atoms with Crippen LogP contribution in [-0.4, -0.2) is 15.0 Å². The van der Waals surface area contributed by atoms with E-state index < -0.39 is 0 Å². The third-order valence-corrected chi connectivity index (χ3v) is 3.53. The Bertz CT molecular complexity index is 811. The van der Waals surface area contributed by atoms with Crippen LogP contribution in [-0.2, 0) is 6.42 Å². The lowest BCUT2D eigenvalue weighted by Crippen LogP contribution is -2.17. The summed E-state index contributed by atoms with van der Waals surface area (Å²) < 4.78 is 0. The van der Waals surface area contributed by atoms with Crippen LogP contribution in [0.3, 0.4) is 0 Å². The van der Waals surface area contributed by atoms with E-state index in [0.717, 1.165) is 28.8 Å². The number of aromatic amines is 1. The Morgan fingerprint density at radius 3 is 2.41 bits per heavy atom. The van der Waals surface area contributed by atoms with Gasteiger partial charge in [-0.15, -0.1) is 0 Å². The zero-order valence-electron chi connectivity index (χ0n) is 12.4. The predicted molar refractivity (Wildman–Crippen MR) is 87.5 cm³/mol. The van der Waals surface area contributed by atoms with Crippen LogP contribution in [0, 0.1) is 0 Å². The summed E-state index contributed by atoms with van der Waals surface area (Å²) in [6, 6.07) is 13.5. The van der Waals surface area contributed by atoms with E-state index in [1.54, 1.807) is 12.4 Å². The maximum absolute atomic E-state index is 12.5. The minimum atomic E-state index is -0.161. The number of pyridine rings is 1. The van der Waals surface area contributed by atoms with Crippen LogP contribution in [0.2, 0.25) is 0 Å². The van der Waals surface area contributed by atoms with E-state index in [-0.39, 0.29) is 5.56 Å². The molecule has 110 valence electrons. The second-order valence-corrected chi connectivity index (χ2v) is 5.10. The molecule has 3 rings (SSSR count). The molecule has 0 aliphatic rings. The lowest BCUT2D eigenvalue weighted by Gasteiger charge is -2.11. The summed E-state index contributed by atoms with van der Waals surface area (Å²) >= 11 is 0. The van der Waals surface area contributed by atoms with Gasteiger partial charge in [0.2, 0.25) is 0 Å². The van der Waals surface area contributed by atoms with Crippen molar-refractivity contribution in [1.29, 1.82) is 0 Å². The Hall–Kier alpha value is -2.75. The zero-order chi connectivity index (χ0) is 15.4. The molecule has 1 aromatic carbocycles. The largest absolute Gasteiger partial charge is 0.339 e. The van der Waals surface area contributed by atoms with Gasteiger partial charge in [-0.1, -0.05) is 43.7 Å². The van der Waals surface area contributed by atoms with Crippen molar-refractivity contribution in [3.8, 4) is 22.6 Å². The zero-order valence-corrected chi connectivity index (χ0v) is 12.4. The summed E-state index contributed by atoms with van der Waals surface area (Å²) in [5.41, 5.74) is 3.26. The molecule has 4 nitrogen and oxygen atoms in total. The number of nitrogens with one attached hydrogen (secondary N) is 1. The van der Waals surface area contributed by atoms with Crippen LogP contribution < -0.4 is 5.56 Å². The van der Waals surface area contributed by atoms with Crippen LogP contribution in [0.1, 0.15) is 18.9 Å². The number of hydrogen-bond donors (Lipinski definition) is 1. The molecule has 1 N–H and O–H groups in total. The fraction of sp³-hybridized carbons (Fsp3) is 0.167. The van der Waals surface area contributed by atoms with Crippen molar-refractivity contribution >= 4 is 0 Å². The molecule has 0 amide bonds. The van der Waals surface area contributed by atoms with Gasteiger partial charge in [0.25, 0.3) is 5.56 Å². The maximum atomic E-state index is 12.5. The van der Waals surface area contributed by atoms with E-state index in [1.165, 1.54) is 0 Å². The first-order chi connectivity index (χ1) is 10.8. The molecule has 4 heteroatoms. The van der Waals surface area contributed by atoms with Crippen molar-refractivity contribution in [2.24, 2.45) is 0 Å². The molecule has 0 aliphatic heterocycles. The third kappa shape index (κ3) is 2.81. The average Bonchev–Trinajstić information content (AvgIpc) is 2.58. The Balaban J connectivity index is 2.21. The molecule has 0 saturated heterocycles. The number of rotatable bonds is 4. The normalized spacial score (nSPS) is 10.6. The first-order valence-electron chi connectivity index (χ1n) is 7.38. The maximum Gasteiger partial charge on any atom is 0.277 e. The summed E-state index contributed by atoms with van der Waals surface area (Å²) in [4.78, 5) is 24.0. The van der Waals surface area contributed by atoms with Crippen molar-refractivity contribution in [3.63, 3.8) is 0 Å². The molecule has 0 saturated carbocycles. The van der Waals surface area contributed by atoms with Crippen LogP contribution in [0.5, 0.6) is 0 Å². The van der Waals surface area contributed by atoms with Gasteiger partial charge in [0.05, 0.1) is 5.69 Å². The molecule has 22 heavy (non-hydrogen) atoms. The van der Waals surface area contributed by atoms with Gasteiger partial charge in [-0.05, 0) is 18.6 Å². The lowest BCUT2D eigenvalue weighted by atomic mass is 10.0. The highest BCUT2D eigenvalue weighted by Crippen LogP contribution is 2.22. The van der Waals surface area contributed by atoms with Gasteiger partial charge in [0.15, 0.2) is 0 Å². The van der Waals surface area contributed by atoms with Gasteiger partial charge in [0.1, 0.15) is 5.82 Å². The second-order valence-electron chi connectivity index (χ2n) is 5.10. The summed E-state index contributed by atoms with van der Waals surface area (Å²) in [5, 5.41) is 0. The van der Waals surface area contributed by atoms with Gasteiger partial charge >= 0.3 is 0 Å². The molecule has 0 bridgehead atoms. The van der Waals surface area contributed by atoms with Crippen LogP contribution in [0.4, 0.5) is 0 Å². The number of aromatic nitrogens is 3. The van der Waals surface area contributed by atoms with Gasteiger partial charge in [-0.3, -0.25) is 9.78 Å². The highest BCUT2D eigenvalue weighted by molar-refractivity contribution is 5.66. The fourth-order valence-electron chi connectivity index (χ4n) is 2.48. The second kappa shape index (κ2) is 6.35. The Labute approximate surface area is 128 Å². The SMILES string of the molecule is CCCc1c(-c2ccncc2)[nH]c(-c2ccccc2)nc1=O. The number of benzene rings is 1. The average molecular weight is 291 g/mol. The lowest BCUT2D eigenvalue weighted by molar-refractivity contribution is 0.890. The van der Waals surface area contributed by atoms with Crippen molar-refractivity contribution in [3.05, 3.63) is 70.8 Å². The topological polar surface area (TPSA) is 58.6 Å². The number of nitrogens with zero attached hydrogens (tertiary/aromatic N) is 2. The monoisotopic (exact) mass is 291 g/mol. The highest BCUT2D eigenvalue weighted by Gasteiger charge is 2.13. The quantitative estimate of drug-likeness (QED) is 0.801. The smallest absolute Gasteiger partial charge is 0.277 e. The van der Waals surface area contributed by atoms with Crippen LogP contribution in [0.25, 0.3) is 22.6 Å². The minimum absolute atomic E-state index is 0.161. The summed E-state index contributed by atoms with van der Waals surface area (Å²) in [6.45, 7) is 2.06. The summed E-state index contributed by atoms with van der Waals surface area (Å²) in [5.74, 6) is 0.595. The predicted octanol–water partition coefficient (Wildman–Crippen LogP) is 3.45. The van der Waals surface area contributed by atoms with Gasteiger partial charge < -0.3 is 4.98 Å². The molecule has 0 spiro atoms. The van der Waals surface area contributed by atoms with E-state index in [0.29, 0.717) is 12.2 Å². The van der Waals surface area contributed by atoms with Crippen molar-refractivity contribution in [2.45, 2.75) is 19.8 Å². The van der Waals surface area contributed by atoms with E-state index in [4.69, 9.17) is 0 Å². The Morgan fingerprint density at radius 2 is 1.73 bits per heavy atom. The van der Waals surface area contributed by atoms with E-state index >= 15 is 0 Å². The fourth-order valence-corrected chi connectivity index (χ4v) is 2.48. The van der Waals surface area contributed by atoms with E-state index in [1.807, 2.05) is 42.5 Å². The molecule has 2 aromatic heterocycles. The number of H-pyrrole nitrogens is 1. The standard InChI is InChI=1S/C18H17N3O/c1-2-6-15-16(13-9-11-19-12-10-13)20-17(21-18(15)22)14-7-4-3-5-8-14/h3-5,7-12H,2,6H2,1H3,(H,20,21,22). The number of hydrogen-bond acceptors (Lipinski definition) is 3. The van der Waals surface area contributed by atoms with Gasteiger partial charge in [-0.25, -0.2) is 0 Å². The summed E-state index contributed by atoms with van der Waals surface area (Å²) in [6.07, 6.45) is 5.06. The molecule has 0 fully saturated rings. The molecule has 0 aliphatic carbocycles. The molecule has 0 atom stereocenters. The Kier molecular flexibility index (Phi) is 4.10. The molecule has 2 heterocycles. The summed E-state index contributed by atoms with van der Waals surface area (Å²) in [7, 11) is 0. The first-order valence-corrected chi connectivity index (χ1v) is 7.38. The molecule has 3 aromatic rings. The van der Waals surface area contributed by atoms with Crippen molar-refractivity contribution in [2.75, 3.05) is 0 Å². The third-order valence-electron chi connectivity index (χ3n) is 3.53. The van der Waals surface area contributed by atoms with Gasteiger partial charge in [0, 0.05) is 29.1 Å². The van der Waals surface area contributed by atoms with Crippen LogP contribution >= 0.6 is 0 Å². The van der Waals surface area contributed by atoms with Gasteiger partial charge in [-0.2, -0.15) is 4.98 Å².